The number of halogens is 2. The van der Waals surface area contributed by atoms with Gasteiger partial charge in [-0.05, 0) is 48.5 Å². The first-order valence-corrected chi connectivity index (χ1v) is 10.2. The molecule has 1 amide bonds. The first-order valence-electron chi connectivity index (χ1n) is 8.44. The highest BCUT2D eigenvalue weighted by molar-refractivity contribution is 7.99. The van der Waals surface area contributed by atoms with Crippen molar-refractivity contribution in [1.82, 2.24) is 10.2 Å². The Balaban J connectivity index is 1.63. The van der Waals surface area contributed by atoms with Crippen LogP contribution >= 0.6 is 35.0 Å². The number of aromatic nitrogens is 2. The van der Waals surface area contributed by atoms with Crippen LogP contribution in [0.1, 0.15) is 0 Å². The lowest BCUT2D eigenvalue weighted by Gasteiger charge is -2.10. The van der Waals surface area contributed by atoms with E-state index in [1.165, 1.54) is 11.8 Å². The first kappa shape index (κ1) is 21.2. The van der Waals surface area contributed by atoms with Gasteiger partial charge in [-0.1, -0.05) is 35.0 Å². The molecule has 1 aromatic heterocycles. The van der Waals surface area contributed by atoms with E-state index in [0.29, 0.717) is 38.0 Å². The minimum absolute atomic E-state index is 0.177. The Hall–Kier alpha value is -2.48. The predicted molar refractivity (Wildman–Crippen MR) is 116 cm³/mol. The summed E-state index contributed by atoms with van der Waals surface area (Å²) < 4.78 is 10.6. The molecule has 0 bridgehead atoms. The van der Waals surface area contributed by atoms with E-state index in [4.69, 9.17) is 32.7 Å². The lowest BCUT2D eigenvalue weighted by atomic mass is 10.1. The molecular weight excluding hydrogens is 433 g/mol. The number of ether oxygens (including phenoxy) is 2. The molecule has 0 aliphatic carbocycles. The molecule has 0 radical (unpaired) electrons. The zero-order valence-electron chi connectivity index (χ0n) is 15.6. The molecule has 9 heteroatoms. The predicted octanol–water partition coefficient (Wildman–Crippen LogP) is 5.20. The Morgan fingerprint density at radius 1 is 1.00 bits per heavy atom. The van der Waals surface area contributed by atoms with E-state index >= 15 is 0 Å². The Kier molecular flexibility index (Phi) is 7.19. The summed E-state index contributed by atoms with van der Waals surface area (Å²) in [7, 11) is 3.19. The summed E-state index contributed by atoms with van der Waals surface area (Å²) >= 11 is 13.1. The quantitative estimate of drug-likeness (QED) is 0.499. The second-order valence-corrected chi connectivity index (χ2v) is 7.60. The summed E-state index contributed by atoms with van der Waals surface area (Å²) in [5, 5.41) is 12.6. The number of nitrogens with one attached hydrogen (secondary N) is 1. The van der Waals surface area contributed by atoms with Crippen molar-refractivity contribution in [2.24, 2.45) is 0 Å². The van der Waals surface area contributed by atoms with Gasteiger partial charge in [0.25, 0.3) is 0 Å². The van der Waals surface area contributed by atoms with Crippen LogP contribution < -0.4 is 14.8 Å². The number of rotatable bonds is 7. The minimum Gasteiger partial charge on any atom is -0.497 e. The van der Waals surface area contributed by atoms with E-state index in [9.17, 15) is 4.79 Å². The smallest absolute Gasteiger partial charge is 0.234 e. The lowest BCUT2D eigenvalue weighted by Crippen LogP contribution is -2.14. The third-order valence-electron chi connectivity index (χ3n) is 3.88. The molecule has 0 fully saturated rings. The molecule has 0 unspecified atom stereocenters. The van der Waals surface area contributed by atoms with Crippen LogP contribution in [0.25, 0.3) is 11.3 Å². The van der Waals surface area contributed by atoms with Crippen LogP contribution in [0.15, 0.2) is 53.6 Å². The molecule has 0 atom stereocenters. The van der Waals surface area contributed by atoms with Crippen LogP contribution in [-0.4, -0.2) is 36.1 Å². The summed E-state index contributed by atoms with van der Waals surface area (Å²) in [5.74, 6) is 1.35. The van der Waals surface area contributed by atoms with E-state index in [0.717, 1.165) is 5.56 Å². The van der Waals surface area contributed by atoms with Gasteiger partial charge in [-0.3, -0.25) is 4.79 Å². The van der Waals surface area contributed by atoms with Crippen LogP contribution in [-0.2, 0) is 4.79 Å². The second kappa shape index (κ2) is 9.82. The number of benzene rings is 2. The standard InChI is InChI=1S/C20H17Cl2N3O3S/c1-27-13-4-7-18(28-2)14(10-13)17-6-8-20(25-24-17)29-11-19(26)23-12-3-5-15(21)16(22)9-12/h3-10H,11H2,1-2H3,(H,23,26). The Bertz CT molecular complexity index is 1020. The number of nitrogens with zero attached hydrogens (tertiary/aromatic N) is 2. The SMILES string of the molecule is COc1ccc(OC)c(-c2ccc(SCC(=O)Nc3ccc(Cl)c(Cl)c3)nn2)c1. The van der Waals surface area contributed by atoms with Crippen molar-refractivity contribution in [3.05, 3.63) is 58.6 Å². The van der Waals surface area contributed by atoms with Gasteiger partial charge in [-0.15, -0.1) is 10.2 Å². The number of methoxy groups -OCH3 is 2. The van der Waals surface area contributed by atoms with Gasteiger partial charge in [0.2, 0.25) is 5.91 Å². The molecule has 0 saturated carbocycles. The van der Waals surface area contributed by atoms with Gasteiger partial charge in [0.1, 0.15) is 16.5 Å². The largest absolute Gasteiger partial charge is 0.497 e. The fourth-order valence-electron chi connectivity index (χ4n) is 2.47. The Morgan fingerprint density at radius 2 is 1.83 bits per heavy atom. The molecule has 2 aromatic carbocycles. The van der Waals surface area contributed by atoms with Crippen LogP contribution in [0, 0.1) is 0 Å². The summed E-state index contributed by atoms with van der Waals surface area (Å²) in [5.41, 5.74) is 2.00. The second-order valence-electron chi connectivity index (χ2n) is 5.79. The van der Waals surface area contributed by atoms with Gasteiger partial charge in [0.15, 0.2) is 0 Å². The van der Waals surface area contributed by atoms with Crippen LogP contribution in [0.3, 0.4) is 0 Å². The maximum absolute atomic E-state index is 12.1. The van der Waals surface area contributed by atoms with E-state index in [2.05, 4.69) is 15.5 Å². The zero-order valence-corrected chi connectivity index (χ0v) is 17.9. The molecule has 29 heavy (non-hydrogen) atoms. The minimum atomic E-state index is -0.186. The topological polar surface area (TPSA) is 73.3 Å². The number of amides is 1. The normalized spacial score (nSPS) is 10.5. The molecule has 0 saturated heterocycles. The molecule has 1 heterocycles. The third-order valence-corrected chi connectivity index (χ3v) is 5.54. The highest BCUT2D eigenvalue weighted by Gasteiger charge is 2.11. The van der Waals surface area contributed by atoms with Crippen molar-refractivity contribution in [3.8, 4) is 22.8 Å². The molecule has 3 aromatic rings. The van der Waals surface area contributed by atoms with E-state index < -0.39 is 0 Å². The lowest BCUT2D eigenvalue weighted by molar-refractivity contribution is -0.113. The molecular formula is C20H17Cl2N3O3S. The zero-order chi connectivity index (χ0) is 20.8. The third kappa shape index (κ3) is 5.53. The fourth-order valence-corrected chi connectivity index (χ4v) is 3.38. The van der Waals surface area contributed by atoms with Crippen molar-refractivity contribution in [2.45, 2.75) is 5.03 Å². The summed E-state index contributed by atoms with van der Waals surface area (Å²) in [6, 6.07) is 14.0. The van der Waals surface area contributed by atoms with E-state index in [-0.39, 0.29) is 11.7 Å². The number of carbonyl (C=O) groups excluding carboxylic acids is 1. The van der Waals surface area contributed by atoms with Crippen LogP contribution in [0.4, 0.5) is 5.69 Å². The van der Waals surface area contributed by atoms with Crippen LogP contribution in [0.2, 0.25) is 10.0 Å². The number of carbonyl (C=O) groups is 1. The van der Waals surface area contributed by atoms with Gasteiger partial charge in [-0.2, -0.15) is 0 Å². The average molecular weight is 450 g/mol. The van der Waals surface area contributed by atoms with Gasteiger partial charge in [0, 0.05) is 11.3 Å². The molecule has 0 aliphatic heterocycles. The van der Waals surface area contributed by atoms with Crippen molar-refractivity contribution in [2.75, 3.05) is 25.3 Å². The molecule has 6 nitrogen and oxygen atoms in total. The fraction of sp³-hybridized carbons (Fsp3) is 0.150. The Labute approximate surface area is 182 Å². The number of hydrogen-bond donors (Lipinski definition) is 1. The van der Waals surface area contributed by atoms with Gasteiger partial charge >= 0.3 is 0 Å². The number of hydrogen-bond acceptors (Lipinski definition) is 6. The summed E-state index contributed by atoms with van der Waals surface area (Å²) in [6.45, 7) is 0. The average Bonchev–Trinajstić information content (AvgIpc) is 2.74. The molecule has 0 spiro atoms. The van der Waals surface area contributed by atoms with Crippen molar-refractivity contribution >= 4 is 46.6 Å². The molecule has 3 rings (SSSR count). The van der Waals surface area contributed by atoms with Crippen molar-refractivity contribution in [3.63, 3.8) is 0 Å². The van der Waals surface area contributed by atoms with E-state index in [1.807, 2.05) is 24.3 Å². The molecule has 0 aliphatic rings. The maximum Gasteiger partial charge on any atom is 0.234 e. The Morgan fingerprint density at radius 3 is 2.48 bits per heavy atom. The molecule has 150 valence electrons. The first-order chi connectivity index (χ1) is 14.0. The van der Waals surface area contributed by atoms with Gasteiger partial charge in [-0.25, -0.2) is 0 Å². The monoisotopic (exact) mass is 449 g/mol. The highest BCUT2D eigenvalue weighted by Crippen LogP contribution is 2.32. The van der Waals surface area contributed by atoms with E-state index in [1.54, 1.807) is 38.5 Å². The number of thioether (sulfide) groups is 1. The number of anilines is 1. The van der Waals surface area contributed by atoms with Crippen molar-refractivity contribution < 1.29 is 14.3 Å². The summed E-state index contributed by atoms with van der Waals surface area (Å²) in [6.07, 6.45) is 0. The van der Waals surface area contributed by atoms with Gasteiger partial charge < -0.3 is 14.8 Å². The van der Waals surface area contributed by atoms with Crippen LogP contribution in [0.5, 0.6) is 11.5 Å². The van der Waals surface area contributed by atoms with Gasteiger partial charge in [0.05, 0.1) is 35.7 Å². The highest BCUT2D eigenvalue weighted by atomic mass is 35.5. The maximum atomic E-state index is 12.1. The van der Waals surface area contributed by atoms with Crippen molar-refractivity contribution in [1.29, 1.82) is 0 Å². The summed E-state index contributed by atoms with van der Waals surface area (Å²) in [4.78, 5) is 12.1. The molecule has 1 N–H and O–H groups in total.